The topological polar surface area (TPSA) is 46.9 Å². The van der Waals surface area contributed by atoms with Crippen molar-refractivity contribution < 1.29 is 18.0 Å². The minimum Gasteiger partial charge on any atom is -0.350 e. The first-order valence-corrected chi connectivity index (χ1v) is 9.31. The lowest BCUT2D eigenvalue weighted by Gasteiger charge is -2.14. The molecule has 1 heterocycles. The van der Waals surface area contributed by atoms with Gasteiger partial charge in [-0.2, -0.15) is 18.3 Å². The van der Waals surface area contributed by atoms with E-state index in [9.17, 15) is 18.0 Å². The molecule has 1 atom stereocenters. The molecule has 0 bridgehead atoms. The summed E-state index contributed by atoms with van der Waals surface area (Å²) in [6, 6.07) is 14.9. The zero-order valence-corrected chi connectivity index (χ0v) is 16.6. The molecule has 29 heavy (non-hydrogen) atoms. The van der Waals surface area contributed by atoms with Crippen molar-refractivity contribution in [2.75, 3.05) is 6.54 Å². The van der Waals surface area contributed by atoms with Crippen molar-refractivity contribution in [1.82, 2.24) is 15.1 Å². The van der Waals surface area contributed by atoms with Gasteiger partial charge in [0, 0.05) is 12.6 Å². The zero-order chi connectivity index (χ0) is 21.2. The monoisotopic (exact) mass is 421 g/mol. The van der Waals surface area contributed by atoms with E-state index < -0.39 is 17.8 Å². The fraction of sp³-hybridized carbons (Fsp3) is 0.238. The van der Waals surface area contributed by atoms with Crippen molar-refractivity contribution in [3.8, 4) is 5.69 Å². The van der Waals surface area contributed by atoms with Gasteiger partial charge in [0.15, 0.2) is 5.69 Å². The molecule has 2 aromatic carbocycles. The Morgan fingerprint density at radius 3 is 2.45 bits per heavy atom. The molecule has 1 N–H and O–H groups in total. The number of nitrogens with one attached hydrogen (secondary N) is 1. The number of nitrogens with zero attached hydrogens (tertiary/aromatic N) is 2. The van der Waals surface area contributed by atoms with Gasteiger partial charge in [0.25, 0.3) is 5.91 Å². The molecular formula is C21H19ClF3N3O. The average molecular weight is 422 g/mol. The van der Waals surface area contributed by atoms with Crippen LogP contribution in [-0.4, -0.2) is 22.2 Å². The van der Waals surface area contributed by atoms with Crippen LogP contribution in [0.1, 0.15) is 40.2 Å². The molecule has 0 radical (unpaired) electrons. The minimum atomic E-state index is -4.68. The van der Waals surface area contributed by atoms with E-state index in [0.717, 1.165) is 21.9 Å². The number of benzene rings is 2. The minimum absolute atomic E-state index is 0.0154. The van der Waals surface area contributed by atoms with Gasteiger partial charge in [-0.05, 0) is 30.5 Å². The third-order valence-corrected chi connectivity index (χ3v) is 4.85. The van der Waals surface area contributed by atoms with Gasteiger partial charge < -0.3 is 5.32 Å². The number of halogens is 4. The van der Waals surface area contributed by atoms with Crippen LogP contribution in [0.2, 0.25) is 5.02 Å². The van der Waals surface area contributed by atoms with E-state index in [4.69, 9.17) is 11.6 Å². The highest BCUT2D eigenvalue weighted by molar-refractivity contribution is 6.32. The lowest BCUT2D eigenvalue weighted by atomic mass is 10.00. The molecule has 4 nitrogen and oxygen atoms in total. The fourth-order valence-electron chi connectivity index (χ4n) is 2.84. The molecule has 3 rings (SSSR count). The molecule has 0 saturated carbocycles. The molecule has 0 aliphatic rings. The first kappa shape index (κ1) is 20.9. The van der Waals surface area contributed by atoms with Gasteiger partial charge in [-0.1, -0.05) is 60.5 Å². The van der Waals surface area contributed by atoms with Crippen LogP contribution in [0.3, 0.4) is 0 Å². The summed E-state index contributed by atoms with van der Waals surface area (Å²) in [4.78, 5) is 12.7. The molecule has 152 valence electrons. The number of amides is 1. The Kier molecular flexibility index (Phi) is 5.98. The normalized spacial score (nSPS) is 12.6. The van der Waals surface area contributed by atoms with Crippen molar-refractivity contribution in [1.29, 1.82) is 0 Å². The van der Waals surface area contributed by atoms with Gasteiger partial charge in [0.1, 0.15) is 5.69 Å². The van der Waals surface area contributed by atoms with Gasteiger partial charge in [-0.15, -0.1) is 0 Å². The van der Waals surface area contributed by atoms with Crippen LogP contribution in [0.5, 0.6) is 0 Å². The summed E-state index contributed by atoms with van der Waals surface area (Å²) >= 11 is 6.11. The van der Waals surface area contributed by atoms with Gasteiger partial charge in [0.2, 0.25) is 0 Å². The number of hydrogen-bond acceptors (Lipinski definition) is 2. The molecule has 1 unspecified atom stereocenters. The van der Waals surface area contributed by atoms with E-state index >= 15 is 0 Å². The third-order valence-electron chi connectivity index (χ3n) is 4.53. The number of hydrogen-bond donors (Lipinski definition) is 1. The Morgan fingerprint density at radius 1 is 1.17 bits per heavy atom. The fourth-order valence-corrected chi connectivity index (χ4v) is 3.05. The van der Waals surface area contributed by atoms with E-state index in [2.05, 4.69) is 10.4 Å². The van der Waals surface area contributed by atoms with Gasteiger partial charge in [0.05, 0.1) is 10.7 Å². The summed E-state index contributed by atoms with van der Waals surface area (Å²) in [7, 11) is 0. The predicted molar refractivity (Wildman–Crippen MR) is 106 cm³/mol. The van der Waals surface area contributed by atoms with Crippen molar-refractivity contribution in [3.63, 3.8) is 0 Å². The van der Waals surface area contributed by atoms with E-state index in [0.29, 0.717) is 0 Å². The molecule has 8 heteroatoms. The number of rotatable bonds is 5. The second kappa shape index (κ2) is 8.29. The summed E-state index contributed by atoms with van der Waals surface area (Å²) in [6.45, 7) is 4.17. The summed E-state index contributed by atoms with van der Waals surface area (Å²) in [5.41, 5.74) is 0.942. The van der Waals surface area contributed by atoms with Gasteiger partial charge in [-0.3, -0.25) is 4.79 Å². The van der Waals surface area contributed by atoms with Crippen molar-refractivity contribution in [2.24, 2.45) is 0 Å². The van der Waals surface area contributed by atoms with Crippen molar-refractivity contribution >= 4 is 17.5 Å². The van der Waals surface area contributed by atoms with Crippen LogP contribution >= 0.6 is 11.6 Å². The van der Waals surface area contributed by atoms with Crippen LogP contribution in [0.15, 0.2) is 54.6 Å². The van der Waals surface area contributed by atoms with Crippen molar-refractivity contribution in [2.45, 2.75) is 25.9 Å². The maximum Gasteiger partial charge on any atom is 0.435 e. The van der Waals surface area contributed by atoms with Gasteiger partial charge >= 0.3 is 6.18 Å². The van der Waals surface area contributed by atoms with Crippen LogP contribution in [-0.2, 0) is 6.18 Å². The SMILES string of the molecule is Cc1ccc(C(C)CNC(=O)c2cc(C(F)(F)F)nn2-c2ccccc2Cl)cc1. The second-order valence-corrected chi connectivity index (χ2v) is 7.20. The Labute approximate surface area is 171 Å². The van der Waals surface area contributed by atoms with E-state index in [1.807, 2.05) is 38.1 Å². The zero-order valence-electron chi connectivity index (χ0n) is 15.8. The number of carbonyl (C=O) groups is 1. The van der Waals surface area contributed by atoms with Gasteiger partial charge in [-0.25, -0.2) is 4.68 Å². The number of aryl methyl sites for hydroxylation is 1. The Morgan fingerprint density at radius 2 is 1.83 bits per heavy atom. The lowest BCUT2D eigenvalue weighted by molar-refractivity contribution is -0.141. The molecule has 0 aliphatic heterocycles. The van der Waals surface area contributed by atoms with E-state index in [-0.39, 0.29) is 28.9 Å². The Hall–Kier alpha value is -2.80. The maximum atomic E-state index is 13.2. The molecule has 1 amide bonds. The summed E-state index contributed by atoms with van der Waals surface area (Å²) in [6.07, 6.45) is -4.68. The molecule has 0 saturated heterocycles. The summed E-state index contributed by atoms with van der Waals surface area (Å²) in [5, 5.41) is 6.46. The molecule has 0 fully saturated rings. The standard InChI is InChI=1S/C21H19ClF3N3O/c1-13-7-9-15(10-8-13)14(2)12-26-20(29)18-11-19(21(23,24)25)27-28(18)17-6-4-3-5-16(17)22/h3-11,14H,12H2,1-2H3,(H,26,29). The smallest absolute Gasteiger partial charge is 0.350 e. The van der Waals surface area contributed by atoms with Crippen LogP contribution < -0.4 is 5.32 Å². The number of para-hydroxylation sites is 1. The Bertz CT molecular complexity index is 1010. The van der Waals surface area contributed by atoms with Crippen molar-refractivity contribution in [3.05, 3.63) is 82.1 Å². The van der Waals surface area contributed by atoms with Crippen LogP contribution in [0.4, 0.5) is 13.2 Å². The number of carbonyl (C=O) groups excluding carboxylic acids is 1. The Balaban J connectivity index is 1.86. The second-order valence-electron chi connectivity index (χ2n) is 6.80. The predicted octanol–water partition coefficient (Wildman–Crippen LogP) is 5.39. The highest BCUT2D eigenvalue weighted by Crippen LogP contribution is 2.31. The number of aromatic nitrogens is 2. The molecule has 0 aliphatic carbocycles. The molecule has 0 spiro atoms. The lowest BCUT2D eigenvalue weighted by Crippen LogP contribution is -2.29. The summed E-state index contributed by atoms with van der Waals surface area (Å²) in [5.74, 6) is -0.676. The first-order valence-electron chi connectivity index (χ1n) is 8.93. The third kappa shape index (κ3) is 4.79. The first-order chi connectivity index (χ1) is 13.7. The van der Waals surface area contributed by atoms with Crippen LogP contribution in [0, 0.1) is 6.92 Å². The highest BCUT2D eigenvalue weighted by Gasteiger charge is 2.36. The molecule has 3 aromatic rings. The molecule has 1 aromatic heterocycles. The highest BCUT2D eigenvalue weighted by atomic mass is 35.5. The summed E-state index contributed by atoms with van der Waals surface area (Å²) < 4.78 is 40.5. The van der Waals surface area contributed by atoms with Crippen LogP contribution in [0.25, 0.3) is 5.69 Å². The van der Waals surface area contributed by atoms with E-state index in [1.165, 1.54) is 12.1 Å². The largest absolute Gasteiger partial charge is 0.435 e. The quantitative estimate of drug-likeness (QED) is 0.600. The molecular weight excluding hydrogens is 403 g/mol. The number of alkyl halides is 3. The van der Waals surface area contributed by atoms with E-state index in [1.54, 1.807) is 12.1 Å². The maximum absolute atomic E-state index is 13.2. The average Bonchev–Trinajstić information content (AvgIpc) is 3.12.